The fourth-order valence-electron chi connectivity index (χ4n) is 0.0913. The second kappa shape index (κ2) is 3.21. The van der Waals surface area contributed by atoms with Crippen LogP contribution in [0.25, 0.3) is 0 Å². The quantitative estimate of drug-likeness (QED) is 0.266. The molecule has 0 radical (unpaired) electrons. The lowest BCUT2D eigenvalue weighted by Gasteiger charge is -1.89. The van der Waals surface area contributed by atoms with Gasteiger partial charge in [0, 0.05) is 0 Å². The zero-order valence-corrected chi connectivity index (χ0v) is 3.46. The summed E-state index contributed by atoms with van der Waals surface area (Å²) < 4.78 is 0. The van der Waals surface area contributed by atoms with Crippen molar-refractivity contribution in [2.45, 2.75) is 6.17 Å². The molecule has 0 amide bonds. The molecule has 0 bridgehead atoms. The first kappa shape index (κ1) is 6.01. The van der Waals surface area contributed by atoms with Crippen LogP contribution in [0.1, 0.15) is 0 Å². The van der Waals surface area contributed by atoms with Crippen molar-refractivity contribution < 1.29 is 0 Å². The number of rotatable bonds is 2. The lowest BCUT2D eigenvalue weighted by Crippen LogP contribution is -2.31. The van der Waals surface area contributed by atoms with Crippen LogP contribution >= 0.6 is 0 Å². The summed E-state index contributed by atoms with van der Waals surface area (Å²) in [6.45, 7) is 0. The molecule has 7 heavy (non-hydrogen) atoms. The van der Waals surface area contributed by atoms with Gasteiger partial charge in [-0.15, -0.1) is 4.91 Å². The van der Waals surface area contributed by atoms with E-state index in [9.17, 15) is 4.91 Å². The number of nitriles is 1. The normalized spacial score (nSPS) is 12.0. The van der Waals surface area contributed by atoms with Gasteiger partial charge in [-0.3, -0.25) is 5.84 Å². The van der Waals surface area contributed by atoms with Crippen LogP contribution < -0.4 is 11.3 Å². The van der Waals surface area contributed by atoms with Crippen molar-refractivity contribution in [1.82, 2.24) is 5.43 Å². The SMILES string of the molecule is N#CC(N=O)NN. The molecule has 38 valence electrons. The molecule has 5 heteroatoms. The van der Waals surface area contributed by atoms with E-state index in [4.69, 9.17) is 5.26 Å². The lowest BCUT2D eigenvalue weighted by atomic mass is 10.6. The Morgan fingerprint density at radius 1 is 2.00 bits per heavy atom. The van der Waals surface area contributed by atoms with E-state index in [1.54, 1.807) is 0 Å². The van der Waals surface area contributed by atoms with E-state index in [1.807, 2.05) is 5.43 Å². The molecule has 1 unspecified atom stereocenters. The molecule has 0 heterocycles. The minimum atomic E-state index is -1.11. The van der Waals surface area contributed by atoms with E-state index < -0.39 is 6.17 Å². The van der Waals surface area contributed by atoms with Crippen LogP contribution in [0.4, 0.5) is 0 Å². The summed E-state index contributed by atoms with van der Waals surface area (Å²) in [7, 11) is 0. The second-order valence-electron chi connectivity index (χ2n) is 0.804. The van der Waals surface area contributed by atoms with Gasteiger partial charge in [0.2, 0.25) is 6.17 Å². The number of hydrazine groups is 1. The highest BCUT2D eigenvalue weighted by Gasteiger charge is 1.97. The highest BCUT2D eigenvalue weighted by Crippen LogP contribution is 1.73. The Hall–Kier alpha value is -0.990. The van der Waals surface area contributed by atoms with Crippen molar-refractivity contribution in [2.24, 2.45) is 11.0 Å². The summed E-state index contributed by atoms with van der Waals surface area (Å²) in [6.07, 6.45) is -1.11. The molecule has 0 aliphatic heterocycles. The minimum absolute atomic E-state index is 1.11. The fourth-order valence-corrected chi connectivity index (χ4v) is 0.0913. The van der Waals surface area contributed by atoms with Gasteiger partial charge in [0.1, 0.15) is 6.07 Å². The Labute approximate surface area is 40.1 Å². The molecule has 0 aliphatic carbocycles. The van der Waals surface area contributed by atoms with Crippen molar-refractivity contribution in [3.05, 3.63) is 4.91 Å². The highest BCUT2D eigenvalue weighted by atomic mass is 16.3. The molecule has 0 aromatic carbocycles. The molecular weight excluding hydrogens is 96.0 g/mol. The van der Waals surface area contributed by atoms with Crippen LogP contribution in [-0.4, -0.2) is 6.17 Å². The van der Waals surface area contributed by atoms with Crippen molar-refractivity contribution in [3.63, 3.8) is 0 Å². The first-order chi connectivity index (χ1) is 3.35. The standard InChI is InChI=1S/C2H4N4O/c3-1-2(5-4)6-7/h2,5H,4H2. The maximum Gasteiger partial charge on any atom is 0.241 e. The van der Waals surface area contributed by atoms with Gasteiger partial charge >= 0.3 is 0 Å². The summed E-state index contributed by atoms with van der Waals surface area (Å²) in [5.74, 6) is 4.63. The maximum atomic E-state index is 9.35. The number of nitrogens with zero attached hydrogens (tertiary/aromatic N) is 2. The van der Waals surface area contributed by atoms with Crippen LogP contribution in [0, 0.1) is 16.2 Å². The maximum absolute atomic E-state index is 9.35. The molecular formula is C2H4N4O. The summed E-state index contributed by atoms with van der Waals surface area (Å²) in [6, 6.07) is 1.49. The number of nitroso groups, excluding NO2 is 1. The van der Waals surface area contributed by atoms with Crippen molar-refractivity contribution in [1.29, 1.82) is 5.26 Å². The molecule has 0 fully saturated rings. The Morgan fingerprint density at radius 3 is 2.57 bits per heavy atom. The van der Waals surface area contributed by atoms with Crippen LogP contribution in [-0.2, 0) is 0 Å². The third kappa shape index (κ3) is 1.81. The van der Waals surface area contributed by atoms with Gasteiger partial charge in [-0.05, 0) is 5.18 Å². The monoisotopic (exact) mass is 100 g/mol. The Bertz CT molecular complexity index is 94.4. The zero-order chi connectivity index (χ0) is 5.70. The number of nitrogens with one attached hydrogen (secondary N) is 1. The van der Waals surface area contributed by atoms with Gasteiger partial charge in [-0.25, -0.2) is 5.43 Å². The fraction of sp³-hybridized carbons (Fsp3) is 0.500. The summed E-state index contributed by atoms with van der Waals surface area (Å²) in [4.78, 5) is 9.35. The van der Waals surface area contributed by atoms with E-state index in [-0.39, 0.29) is 0 Å². The molecule has 0 aliphatic rings. The zero-order valence-electron chi connectivity index (χ0n) is 3.46. The van der Waals surface area contributed by atoms with Crippen molar-refractivity contribution in [2.75, 3.05) is 0 Å². The molecule has 0 spiro atoms. The highest BCUT2D eigenvalue weighted by molar-refractivity contribution is 4.84. The van der Waals surface area contributed by atoms with E-state index >= 15 is 0 Å². The van der Waals surface area contributed by atoms with Gasteiger partial charge in [-0.1, -0.05) is 0 Å². The first-order valence-corrected chi connectivity index (χ1v) is 1.53. The van der Waals surface area contributed by atoms with Crippen molar-refractivity contribution in [3.8, 4) is 6.07 Å². The number of nitrogens with two attached hydrogens (primary N) is 1. The number of hydrogen-bond acceptors (Lipinski definition) is 5. The predicted octanol–water partition coefficient (Wildman–Crippen LogP) is -0.934. The van der Waals surface area contributed by atoms with Gasteiger partial charge in [-0.2, -0.15) is 5.26 Å². The third-order valence-electron chi connectivity index (χ3n) is 0.386. The van der Waals surface area contributed by atoms with Gasteiger partial charge < -0.3 is 0 Å². The van der Waals surface area contributed by atoms with Crippen LogP contribution in [0.3, 0.4) is 0 Å². The van der Waals surface area contributed by atoms with Gasteiger partial charge in [0.05, 0.1) is 0 Å². The van der Waals surface area contributed by atoms with E-state index in [1.165, 1.54) is 6.07 Å². The molecule has 0 aromatic rings. The number of hydrogen-bond donors (Lipinski definition) is 2. The van der Waals surface area contributed by atoms with Crippen LogP contribution in [0.5, 0.6) is 0 Å². The van der Waals surface area contributed by atoms with Gasteiger partial charge in [0.15, 0.2) is 0 Å². The van der Waals surface area contributed by atoms with Crippen molar-refractivity contribution >= 4 is 0 Å². The summed E-state index contributed by atoms with van der Waals surface area (Å²) in [5, 5.41) is 10.1. The van der Waals surface area contributed by atoms with E-state index in [0.717, 1.165) is 0 Å². The lowest BCUT2D eigenvalue weighted by molar-refractivity contribution is 0.652. The molecule has 0 rings (SSSR count). The topological polar surface area (TPSA) is 91.3 Å². The van der Waals surface area contributed by atoms with Crippen LogP contribution in [0.2, 0.25) is 0 Å². The Morgan fingerprint density at radius 2 is 2.57 bits per heavy atom. The molecule has 0 saturated carbocycles. The van der Waals surface area contributed by atoms with Gasteiger partial charge in [0.25, 0.3) is 0 Å². The first-order valence-electron chi connectivity index (χ1n) is 1.53. The molecule has 0 aromatic heterocycles. The average molecular weight is 100 g/mol. The molecule has 5 nitrogen and oxygen atoms in total. The smallest absolute Gasteiger partial charge is 0.241 e. The minimum Gasteiger partial charge on any atom is -0.269 e. The summed E-state index contributed by atoms with van der Waals surface area (Å²) >= 11 is 0. The predicted molar refractivity (Wildman–Crippen MR) is 22.5 cm³/mol. The van der Waals surface area contributed by atoms with E-state index in [0.29, 0.717) is 0 Å². The third-order valence-corrected chi connectivity index (χ3v) is 0.386. The largest absolute Gasteiger partial charge is 0.269 e. The second-order valence-corrected chi connectivity index (χ2v) is 0.804. The molecule has 1 atom stereocenters. The molecule has 0 saturated heterocycles. The molecule has 3 N–H and O–H groups in total. The average Bonchev–Trinajstić information content (AvgIpc) is 1.72. The Balaban J connectivity index is 3.43. The Kier molecular flexibility index (Phi) is 2.76. The summed E-state index contributed by atoms with van der Waals surface area (Å²) in [5.41, 5.74) is 1.86. The van der Waals surface area contributed by atoms with Crippen LogP contribution in [0.15, 0.2) is 5.18 Å². The van der Waals surface area contributed by atoms with E-state index in [2.05, 4.69) is 11.0 Å².